The van der Waals surface area contributed by atoms with Gasteiger partial charge in [0.2, 0.25) is 0 Å². The highest BCUT2D eigenvalue weighted by Gasteiger charge is 2.19. The van der Waals surface area contributed by atoms with E-state index in [4.69, 9.17) is 0 Å². The van der Waals surface area contributed by atoms with Crippen molar-refractivity contribution in [3.05, 3.63) is 133 Å². The van der Waals surface area contributed by atoms with Gasteiger partial charge in [0, 0.05) is 31.7 Å². The molecule has 1 aromatic heterocycles. The zero-order valence-corrected chi connectivity index (χ0v) is 20.9. The van der Waals surface area contributed by atoms with Crippen molar-refractivity contribution in [2.45, 2.75) is 0 Å². The van der Waals surface area contributed by atoms with E-state index >= 15 is 0 Å². The molecule has 0 spiro atoms. The third-order valence-corrected chi connectivity index (χ3v) is 8.94. The normalized spacial score (nSPS) is 11.8. The second-order valence-electron chi connectivity index (χ2n) is 9.69. The quantitative estimate of drug-likeness (QED) is 0.218. The predicted octanol–water partition coefficient (Wildman–Crippen LogP) is 10.8. The molecule has 0 nitrogen and oxygen atoms in total. The number of hydrogen-bond donors (Lipinski definition) is 0. The lowest BCUT2D eigenvalue weighted by Gasteiger charge is -2.13. The lowest BCUT2D eigenvalue weighted by Crippen LogP contribution is -1.86. The first-order valence-electron chi connectivity index (χ1n) is 12.7. The van der Waals surface area contributed by atoms with Crippen molar-refractivity contribution in [1.29, 1.82) is 0 Å². The lowest BCUT2D eigenvalue weighted by atomic mass is 9.91. The summed E-state index contributed by atoms with van der Waals surface area (Å²) >= 11 is 1.92. The minimum atomic E-state index is 1.25. The molecule has 0 saturated carbocycles. The third kappa shape index (κ3) is 3.08. The van der Waals surface area contributed by atoms with E-state index in [1.54, 1.807) is 0 Å². The second-order valence-corrected chi connectivity index (χ2v) is 10.7. The zero-order chi connectivity index (χ0) is 24.3. The smallest absolute Gasteiger partial charge is 0.0434 e. The Kier molecular flexibility index (Phi) is 4.49. The van der Waals surface area contributed by atoms with Crippen molar-refractivity contribution in [3.63, 3.8) is 0 Å². The average Bonchev–Trinajstić information content (AvgIpc) is 3.36. The molecule has 1 heterocycles. The first-order chi connectivity index (χ1) is 18.4. The summed E-state index contributed by atoms with van der Waals surface area (Å²) in [6.45, 7) is 0. The van der Waals surface area contributed by atoms with Crippen molar-refractivity contribution in [2.24, 2.45) is 0 Å². The molecule has 8 aromatic rings. The largest absolute Gasteiger partial charge is 0.134 e. The summed E-state index contributed by atoms with van der Waals surface area (Å²) in [4.78, 5) is 2.67. The van der Waals surface area contributed by atoms with Crippen LogP contribution in [0.2, 0.25) is 0 Å². The van der Waals surface area contributed by atoms with Crippen molar-refractivity contribution in [2.75, 3.05) is 0 Å². The van der Waals surface area contributed by atoms with Gasteiger partial charge in [0.15, 0.2) is 0 Å². The van der Waals surface area contributed by atoms with Crippen LogP contribution in [0.5, 0.6) is 0 Å². The van der Waals surface area contributed by atoms with E-state index in [-0.39, 0.29) is 0 Å². The Bertz CT molecular complexity index is 2060. The SMILES string of the molecule is c1ccc(-c2ccccc2-c2sc(-c3ccc4ccc5cccc6ccc3c4c56)c3ccccc23)cc1. The number of fused-ring (bicyclic) bond motifs is 1. The van der Waals surface area contributed by atoms with E-state index in [0.717, 1.165) is 0 Å². The molecule has 0 N–H and O–H groups in total. The molecule has 7 aromatic carbocycles. The molecule has 0 saturated heterocycles. The van der Waals surface area contributed by atoms with Crippen molar-refractivity contribution >= 4 is 54.4 Å². The van der Waals surface area contributed by atoms with Gasteiger partial charge in [-0.1, -0.05) is 133 Å². The van der Waals surface area contributed by atoms with E-state index in [2.05, 4.69) is 133 Å². The van der Waals surface area contributed by atoms with Crippen LogP contribution in [0.25, 0.3) is 75.1 Å². The monoisotopic (exact) mass is 486 g/mol. The summed E-state index contributed by atoms with van der Waals surface area (Å²) in [6.07, 6.45) is 0. The van der Waals surface area contributed by atoms with Crippen LogP contribution in [-0.2, 0) is 0 Å². The molecule has 0 fully saturated rings. The van der Waals surface area contributed by atoms with E-state index in [1.807, 2.05) is 11.3 Å². The van der Waals surface area contributed by atoms with Crippen LogP contribution < -0.4 is 0 Å². The van der Waals surface area contributed by atoms with Crippen LogP contribution in [0.1, 0.15) is 0 Å². The van der Waals surface area contributed by atoms with Gasteiger partial charge >= 0.3 is 0 Å². The van der Waals surface area contributed by atoms with Crippen LogP contribution in [0.3, 0.4) is 0 Å². The minimum Gasteiger partial charge on any atom is -0.134 e. The average molecular weight is 487 g/mol. The summed E-state index contributed by atoms with van der Waals surface area (Å²) in [7, 11) is 0. The van der Waals surface area contributed by atoms with Gasteiger partial charge in [-0.3, -0.25) is 0 Å². The third-order valence-electron chi connectivity index (χ3n) is 7.65. The molecule has 0 bridgehead atoms. The number of rotatable bonds is 3. The minimum absolute atomic E-state index is 1.25. The maximum absolute atomic E-state index is 2.33. The Balaban J connectivity index is 1.44. The number of hydrogen-bond acceptors (Lipinski definition) is 1. The van der Waals surface area contributed by atoms with E-state index in [1.165, 1.54) is 75.1 Å². The van der Waals surface area contributed by atoms with Crippen LogP contribution in [0.15, 0.2) is 133 Å². The van der Waals surface area contributed by atoms with Gasteiger partial charge in [-0.05, 0) is 43.4 Å². The molecule has 0 amide bonds. The van der Waals surface area contributed by atoms with E-state index in [0.29, 0.717) is 0 Å². The molecule has 0 atom stereocenters. The molecular formula is C36H22S. The van der Waals surface area contributed by atoms with Crippen molar-refractivity contribution in [1.82, 2.24) is 0 Å². The molecular weight excluding hydrogens is 464 g/mol. The van der Waals surface area contributed by atoms with Crippen LogP contribution in [0.4, 0.5) is 0 Å². The standard InChI is InChI=1S/C36H22S/c1-2-9-23(10-3-1)27-13-4-5-14-29(27)35-30-15-6-7-16-31(30)36(37-35)32-22-20-26-18-17-24-11-8-12-25-19-21-28(32)34(26)33(24)25/h1-22H. The highest BCUT2D eigenvalue weighted by Crippen LogP contribution is 2.49. The second kappa shape index (κ2) is 8.03. The Morgan fingerprint density at radius 2 is 0.892 bits per heavy atom. The summed E-state index contributed by atoms with van der Waals surface area (Å²) < 4.78 is 0. The van der Waals surface area contributed by atoms with Crippen molar-refractivity contribution < 1.29 is 0 Å². The summed E-state index contributed by atoms with van der Waals surface area (Å²) in [5.74, 6) is 0. The topological polar surface area (TPSA) is 0 Å². The summed E-state index contributed by atoms with van der Waals surface area (Å²) in [5, 5.41) is 10.6. The number of benzene rings is 7. The maximum Gasteiger partial charge on any atom is 0.0434 e. The summed E-state index contributed by atoms with van der Waals surface area (Å²) in [5.41, 5.74) is 5.13. The first-order valence-corrected chi connectivity index (χ1v) is 13.5. The molecule has 8 rings (SSSR count). The fourth-order valence-electron chi connectivity index (χ4n) is 5.98. The Hall–Kier alpha value is -4.46. The van der Waals surface area contributed by atoms with E-state index < -0.39 is 0 Å². The Morgan fingerprint density at radius 1 is 0.324 bits per heavy atom. The van der Waals surface area contributed by atoms with Crippen molar-refractivity contribution in [3.8, 4) is 32.0 Å². The van der Waals surface area contributed by atoms with Gasteiger partial charge in [0.1, 0.15) is 0 Å². The lowest BCUT2D eigenvalue weighted by molar-refractivity contribution is 1.62. The highest BCUT2D eigenvalue weighted by atomic mass is 32.1. The molecule has 37 heavy (non-hydrogen) atoms. The number of thiophene rings is 1. The van der Waals surface area contributed by atoms with Gasteiger partial charge in [-0.15, -0.1) is 11.3 Å². The van der Waals surface area contributed by atoms with Gasteiger partial charge in [0.05, 0.1) is 0 Å². The van der Waals surface area contributed by atoms with Gasteiger partial charge in [0.25, 0.3) is 0 Å². The van der Waals surface area contributed by atoms with Gasteiger partial charge < -0.3 is 0 Å². The fourth-order valence-corrected chi connectivity index (χ4v) is 7.33. The van der Waals surface area contributed by atoms with E-state index in [9.17, 15) is 0 Å². The fraction of sp³-hybridized carbons (Fsp3) is 0. The molecule has 0 aliphatic heterocycles. The molecule has 0 radical (unpaired) electrons. The van der Waals surface area contributed by atoms with Crippen LogP contribution in [0, 0.1) is 0 Å². The van der Waals surface area contributed by atoms with Crippen LogP contribution >= 0.6 is 11.3 Å². The van der Waals surface area contributed by atoms with Gasteiger partial charge in [-0.25, -0.2) is 0 Å². The Morgan fingerprint density at radius 3 is 1.65 bits per heavy atom. The molecule has 0 aliphatic carbocycles. The first kappa shape index (κ1) is 20.7. The maximum atomic E-state index is 2.33. The Labute approximate surface area is 219 Å². The molecule has 172 valence electrons. The molecule has 0 aliphatic rings. The van der Waals surface area contributed by atoms with Gasteiger partial charge in [-0.2, -0.15) is 0 Å². The predicted molar refractivity (Wildman–Crippen MR) is 162 cm³/mol. The highest BCUT2D eigenvalue weighted by molar-refractivity contribution is 7.21. The summed E-state index contributed by atoms with van der Waals surface area (Å²) in [6, 6.07) is 48.8. The zero-order valence-electron chi connectivity index (χ0n) is 20.1. The molecule has 1 heteroatoms. The van der Waals surface area contributed by atoms with Crippen LogP contribution in [-0.4, -0.2) is 0 Å². The molecule has 0 unspecified atom stereocenters.